The Balaban J connectivity index is 2.05. The molecule has 2 aromatic rings. The number of hydrogen-bond donors (Lipinski definition) is 1. The number of benzene rings is 2. The van der Waals surface area contributed by atoms with Crippen molar-refractivity contribution in [1.82, 2.24) is 0 Å². The van der Waals surface area contributed by atoms with E-state index in [0.29, 0.717) is 5.69 Å². The van der Waals surface area contributed by atoms with Crippen molar-refractivity contribution in [3.05, 3.63) is 59.2 Å². The molecule has 0 aliphatic carbocycles. The van der Waals surface area contributed by atoms with Crippen molar-refractivity contribution >= 4 is 27.3 Å². The molecular formula is C19H22F2N2O3S. The highest BCUT2D eigenvalue weighted by Crippen LogP contribution is 2.22. The standard InChI is InChI=1S/C19H22F2N2O3S/c1-13-10-14(2)12-15(11-13)23(27(3,25)26)9-5-8-18(24)22-19-16(20)6-4-7-17(19)21/h4,6-7,10-12H,5,8-9H2,1-3H3,(H,22,24). The molecular weight excluding hydrogens is 374 g/mol. The first-order valence-corrected chi connectivity index (χ1v) is 10.2. The van der Waals surface area contributed by atoms with Crippen molar-refractivity contribution < 1.29 is 22.0 Å². The van der Waals surface area contributed by atoms with Gasteiger partial charge in [0.1, 0.15) is 17.3 Å². The van der Waals surface area contributed by atoms with Crippen molar-refractivity contribution in [2.75, 3.05) is 22.4 Å². The zero-order valence-electron chi connectivity index (χ0n) is 15.4. The van der Waals surface area contributed by atoms with Crippen LogP contribution in [0.25, 0.3) is 0 Å². The van der Waals surface area contributed by atoms with Gasteiger partial charge >= 0.3 is 0 Å². The Morgan fingerprint density at radius 2 is 1.63 bits per heavy atom. The number of aryl methyl sites for hydroxylation is 2. The summed E-state index contributed by atoms with van der Waals surface area (Å²) >= 11 is 0. The summed E-state index contributed by atoms with van der Waals surface area (Å²) in [6.45, 7) is 3.82. The Bertz CT molecular complexity index is 905. The van der Waals surface area contributed by atoms with Gasteiger partial charge in [-0.1, -0.05) is 12.1 Å². The van der Waals surface area contributed by atoms with Crippen LogP contribution in [0, 0.1) is 25.5 Å². The Hall–Kier alpha value is -2.48. The van der Waals surface area contributed by atoms with Crippen molar-refractivity contribution in [2.24, 2.45) is 0 Å². The highest BCUT2D eigenvalue weighted by molar-refractivity contribution is 7.92. The van der Waals surface area contributed by atoms with Crippen LogP contribution in [0.3, 0.4) is 0 Å². The smallest absolute Gasteiger partial charge is 0.232 e. The van der Waals surface area contributed by atoms with Crippen LogP contribution in [0.1, 0.15) is 24.0 Å². The predicted octanol–water partition coefficient (Wildman–Crippen LogP) is 3.77. The van der Waals surface area contributed by atoms with Gasteiger partial charge in [0, 0.05) is 13.0 Å². The highest BCUT2D eigenvalue weighted by atomic mass is 32.2. The molecule has 0 radical (unpaired) electrons. The molecule has 0 atom stereocenters. The first-order valence-electron chi connectivity index (χ1n) is 8.38. The van der Waals surface area contributed by atoms with E-state index in [1.165, 1.54) is 10.4 Å². The third-order valence-electron chi connectivity index (χ3n) is 3.89. The number of carbonyl (C=O) groups is 1. The van der Waals surface area contributed by atoms with E-state index in [-0.39, 0.29) is 19.4 Å². The fourth-order valence-electron chi connectivity index (χ4n) is 2.78. The summed E-state index contributed by atoms with van der Waals surface area (Å²) in [6, 6.07) is 8.73. The van der Waals surface area contributed by atoms with E-state index in [1.54, 1.807) is 12.1 Å². The number of amides is 1. The van der Waals surface area contributed by atoms with Gasteiger partial charge in [0.15, 0.2) is 0 Å². The second-order valence-electron chi connectivity index (χ2n) is 6.43. The first-order chi connectivity index (χ1) is 12.6. The number of nitrogens with zero attached hydrogens (tertiary/aromatic N) is 1. The van der Waals surface area contributed by atoms with Crippen molar-refractivity contribution in [2.45, 2.75) is 26.7 Å². The van der Waals surface area contributed by atoms with Crippen LogP contribution in [0.15, 0.2) is 36.4 Å². The Labute approximate surface area is 158 Å². The molecule has 1 N–H and O–H groups in total. The zero-order valence-corrected chi connectivity index (χ0v) is 16.2. The average molecular weight is 396 g/mol. The molecule has 0 saturated heterocycles. The molecule has 0 bridgehead atoms. The second-order valence-corrected chi connectivity index (χ2v) is 8.34. The molecule has 0 heterocycles. The normalized spacial score (nSPS) is 11.3. The minimum absolute atomic E-state index is 0.0783. The SMILES string of the molecule is Cc1cc(C)cc(N(CCCC(=O)Nc2c(F)cccc2F)S(C)(=O)=O)c1. The van der Waals surface area contributed by atoms with Gasteiger partial charge in [-0.05, 0) is 55.7 Å². The molecule has 2 rings (SSSR count). The van der Waals surface area contributed by atoms with E-state index in [0.717, 1.165) is 29.5 Å². The molecule has 0 aliphatic rings. The van der Waals surface area contributed by atoms with Crippen LogP contribution in [-0.2, 0) is 14.8 Å². The Morgan fingerprint density at radius 1 is 1.07 bits per heavy atom. The fraction of sp³-hybridized carbons (Fsp3) is 0.316. The van der Waals surface area contributed by atoms with Crippen LogP contribution in [0.2, 0.25) is 0 Å². The van der Waals surface area contributed by atoms with Crippen LogP contribution < -0.4 is 9.62 Å². The number of para-hydroxylation sites is 1. The number of halogens is 2. The molecule has 0 fully saturated rings. The molecule has 0 spiro atoms. The number of sulfonamides is 1. The summed E-state index contributed by atoms with van der Waals surface area (Å²) in [5.41, 5.74) is 1.87. The molecule has 2 aromatic carbocycles. The minimum atomic E-state index is -3.54. The topological polar surface area (TPSA) is 66.5 Å². The number of nitrogens with one attached hydrogen (secondary N) is 1. The maximum atomic E-state index is 13.6. The maximum Gasteiger partial charge on any atom is 0.232 e. The number of anilines is 2. The Kier molecular flexibility index (Phi) is 6.54. The van der Waals surface area contributed by atoms with Crippen molar-refractivity contribution in [1.29, 1.82) is 0 Å². The second kappa shape index (κ2) is 8.47. The monoisotopic (exact) mass is 396 g/mol. The van der Waals surface area contributed by atoms with E-state index >= 15 is 0 Å². The van der Waals surface area contributed by atoms with Gasteiger partial charge in [0.25, 0.3) is 0 Å². The van der Waals surface area contributed by atoms with Crippen LogP contribution in [0.5, 0.6) is 0 Å². The molecule has 0 saturated carbocycles. The highest BCUT2D eigenvalue weighted by Gasteiger charge is 2.19. The fourth-order valence-corrected chi connectivity index (χ4v) is 3.73. The number of rotatable bonds is 7. The molecule has 1 amide bonds. The lowest BCUT2D eigenvalue weighted by Gasteiger charge is -2.23. The predicted molar refractivity (Wildman–Crippen MR) is 102 cm³/mol. The van der Waals surface area contributed by atoms with Gasteiger partial charge in [-0.3, -0.25) is 9.10 Å². The largest absolute Gasteiger partial charge is 0.321 e. The molecule has 146 valence electrons. The molecule has 0 aromatic heterocycles. The third-order valence-corrected chi connectivity index (χ3v) is 5.08. The van der Waals surface area contributed by atoms with Gasteiger partial charge < -0.3 is 5.32 Å². The van der Waals surface area contributed by atoms with Crippen molar-refractivity contribution in [3.8, 4) is 0 Å². The molecule has 27 heavy (non-hydrogen) atoms. The van der Waals surface area contributed by atoms with Crippen LogP contribution in [-0.4, -0.2) is 27.1 Å². The van der Waals surface area contributed by atoms with E-state index in [4.69, 9.17) is 0 Å². The number of hydrogen-bond acceptors (Lipinski definition) is 3. The quantitative estimate of drug-likeness (QED) is 0.775. The molecule has 0 unspecified atom stereocenters. The van der Waals surface area contributed by atoms with Crippen LogP contribution in [0.4, 0.5) is 20.2 Å². The summed E-state index contributed by atoms with van der Waals surface area (Å²) in [5.74, 6) is -2.32. The van der Waals surface area contributed by atoms with Gasteiger partial charge in [-0.2, -0.15) is 0 Å². The third kappa shape index (κ3) is 5.75. The lowest BCUT2D eigenvalue weighted by molar-refractivity contribution is -0.116. The lowest BCUT2D eigenvalue weighted by atomic mass is 10.1. The minimum Gasteiger partial charge on any atom is -0.321 e. The molecule has 0 aliphatic heterocycles. The summed E-state index contributed by atoms with van der Waals surface area (Å²) in [4.78, 5) is 12.0. The van der Waals surface area contributed by atoms with E-state index in [9.17, 15) is 22.0 Å². The maximum absolute atomic E-state index is 13.6. The average Bonchev–Trinajstić information content (AvgIpc) is 2.53. The zero-order chi connectivity index (χ0) is 20.2. The van der Waals surface area contributed by atoms with Crippen LogP contribution >= 0.6 is 0 Å². The van der Waals surface area contributed by atoms with Gasteiger partial charge in [-0.25, -0.2) is 17.2 Å². The van der Waals surface area contributed by atoms with E-state index in [2.05, 4.69) is 5.32 Å². The summed E-state index contributed by atoms with van der Waals surface area (Å²) in [5, 5.41) is 2.19. The summed E-state index contributed by atoms with van der Waals surface area (Å²) < 4.78 is 52.6. The molecule has 5 nitrogen and oxygen atoms in total. The van der Waals surface area contributed by atoms with E-state index in [1.807, 2.05) is 19.9 Å². The first kappa shape index (κ1) is 20.8. The summed E-state index contributed by atoms with van der Waals surface area (Å²) in [7, 11) is -3.54. The van der Waals surface area contributed by atoms with E-state index < -0.39 is 33.3 Å². The molecule has 8 heteroatoms. The van der Waals surface area contributed by atoms with Crippen molar-refractivity contribution in [3.63, 3.8) is 0 Å². The Morgan fingerprint density at radius 3 is 2.15 bits per heavy atom. The van der Waals surface area contributed by atoms with Gasteiger partial charge in [0.05, 0.1) is 11.9 Å². The van der Waals surface area contributed by atoms with Gasteiger partial charge in [-0.15, -0.1) is 0 Å². The summed E-state index contributed by atoms with van der Waals surface area (Å²) in [6.07, 6.45) is 1.21. The number of carbonyl (C=O) groups excluding carboxylic acids is 1. The lowest BCUT2D eigenvalue weighted by Crippen LogP contribution is -2.31. The van der Waals surface area contributed by atoms with Gasteiger partial charge in [0.2, 0.25) is 15.9 Å².